The van der Waals surface area contributed by atoms with E-state index >= 15 is 0 Å². The molecule has 2 aliphatic heterocycles. The lowest BCUT2D eigenvalue weighted by Crippen LogP contribution is -2.48. The van der Waals surface area contributed by atoms with Crippen LogP contribution in [0.4, 0.5) is 24.5 Å². The van der Waals surface area contributed by atoms with Crippen LogP contribution in [0.25, 0.3) is 0 Å². The minimum Gasteiger partial charge on any atom is -0.464 e. The molecule has 0 unspecified atom stereocenters. The zero-order valence-corrected chi connectivity index (χ0v) is 32.2. The van der Waals surface area contributed by atoms with Gasteiger partial charge in [0.15, 0.2) is 0 Å². The minimum absolute atomic E-state index is 0.180. The van der Waals surface area contributed by atoms with Crippen LogP contribution in [-0.4, -0.2) is 87.5 Å². The van der Waals surface area contributed by atoms with Crippen LogP contribution >= 0.6 is 0 Å². The van der Waals surface area contributed by atoms with Gasteiger partial charge in [0, 0.05) is 44.8 Å². The number of alkyl halides is 3. The molecule has 0 spiro atoms. The monoisotopic (exact) mass is 793 g/mol. The number of benzene rings is 3. The number of aromatic nitrogens is 1. The van der Waals surface area contributed by atoms with Crippen LogP contribution in [0.5, 0.6) is 11.5 Å². The average Bonchev–Trinajstić information content (AvgIpc) is 3.17. The van der Waals surface area contributed by atoms with Gasteiger partial charge in [-0.15, -0.1) is 0 Å². The maximum absolute atomic E-state index is 13.9. The molecule has 0 saturated carbocycles. The quantitative estimate of drug-likeness (QED) is 0.141. The third-order valence-corrected chi connectivity index (χ3v) is 11.0. The fourth-order valence-corrected chi connectivity index (χ4v) is 8.01. The molecule has 56 heavy (non-hydrogen) atoms. The molecule has 1 N–H and O–H groups in total. The Bertz CT molecular complexity index is 2050. The summed E-state index contributed by atoms with van der Waals surface area (Å²) in [7, 11) is -3.85. The Morgan fingerprint density at radius 1 is 0.875 bits per heavy atom. The van der Waals surface area contributed by atoms with Gasteiger partial charge in [-0.05, 0) is 78.3 Å². The van der Waals surface area contributed by atoms with Gasteiger partial charge in [-0.2, -0.15) is 13.2 Å². The number of anilines is 2. The summed E-state index contributed by atoms with van der Waals surface area (Å²) >= 11 is 0. The zero-order chi connectivity index (χ0) is 39.9. The minimum atomic E-state index is -4.53. The summed E-state index contributed by atoms with van der Waals surface area (Å²) in [6.45, 7) is 7.77. The Labute approximate surface area is 325 Å². The topological polar surface area (TPSA) is 121 Å². The fraction of sp³-hybridized carbons (Fsp3) is 0.390. The zero-order valence-electron chi connectivity index (χ0n) is 31.4. The van der Waals surface area contributed by atoms with Crippen molar-refractivity contribution in [2.45, 2.75) is 44.5 Å². The van der Waals surface area contributed by atoms with Crippen LogP contribution in [0.3, 0.4) is 0 Å². The highest BCUT2D eigenvalue weighted by atomic mass is 32.2. The van der Waals surface area contributed by atoms with Gasteiger partial charge in [-0.3, -0.25) is 19.2 Å². The van der Waals surface area contributed by atoms with E-state index in [4.69, 9.17) is 9.47 Å². The van der Waals surface area contributed by atoms with Gasteiger partial charge in [0.1, 0.15) is 17.2 Å². The number of carbonyl (C=O) groups is 2. The van der Waals surface area contributed by atoms with Gasteiger partial charge in [0.05, 0.1) is 36.5 Å². The number of likely N-dealkylation sites (tertiary alicyclic amines) is 1. The smallest absolute Gasteiger partial charge is 0.433 e. The van der Waals surface area contributed by atoms with E-state index in [-0.39, 0.29) is 41.8 Å². The summed E-state index contributed by atoms with van der Waals surface area (Å²) in [5.41, 5.74) is 2.04. The first kappa shape index (κ1) is 40.5. The summed E-state index contributed by atoms with van der Waals surface area (Å²) in [6, 6.07) is 23.5. The Kier molecular flexibility index (Phi) is 12.8. The SMILES string of the molecule is CC(C)COC(=O)CN1CCN(c2ccc(C(=O)N3CCC(c4ccc(Oc5ccc(C(F)(F)F)nc5)cc4)CC3)cc2NS(=O)(=O)Cc2ccccc2)CC1. The predicted molar refractivity (Wildman–Crippen MR) is 207 cm³/mol. The van der Waals surface area contributed by atoms with Gasteiger partial charge >= 0.3 is 12.1 Å². The molecule has 11 nitrogen and oxygen atoms in total. The van der Waals surface area contributed by atoms with Gasteiger partial charge in [-0.25, -0.2) is 13.4 Å². The normalized spacial score (nSPS) is 15.8. The lowest BCUT2D eigenvalue weighted by atomic mass is 9.89. The third-order valence-electron chi connectivity index (χ3n) is 9.75. The third kappa shape index (κ3) is 11.0. The van der Waals surface area contributed by atoms with E-state index in [0.717, 1.165) is 17.8 Å². The number of sulfonamides is 1. The molecule has 6 rings (SSSR count). The molecule has 2 saturated heterocycles. The number of pyridine rings is 1. The van der Waals surface area contributed by atoms with Crippen LogP contribution in [0.2, 0.25) is 0 Å². The van der Waals surface area contributed by atoms with Crippen LogP contribution < -0.4 is 14.4 Å². The van der Waals surface area contributed by atoms with Gasteiger partial charge in [0.2, 0.25) is 10.0 Å². The number of amides is 1. The molecule has 3 heterocycles. The van der Waals surface area contributed by atoms with Crippen molar-refractivity contribution in [2.24, 2.45) is 5.92 Å². The molecule has 0 atom stereocenters. The summed E-state index contributed by atoms with van der Waals surface area (Å²) in [4.78, 5) is 35.5. The van der Waals surface area contributed by atoms with E-state index < -0.39 is 21.9 Å². The Morgan fingerprint density at radius 3 is 2.18 bits per heavy atom. The first-order chi connectivity index (χ1) is 26.7. The van der Waals surface area contributed by atoms with E-state index in [0.29, 0.717) is 87.0 Å². The van der Waals surface area contributed by atoms with Crippen molar-refractivity contribution in [3.63, 3.8) is 0 Å². The number of carbonyl (C=O) groups excluding carboxylic acids is 2. The largest absolute Gasteiger partial charge is 0.464 e. The Morgan fingerprint density at radius 2 is 1.55 bits per heavy atom. The average molecular weight is 794 g/mol. The van der Waals surface area contributed by atoms with Crippen molar-refractivity contribution in [3.8, 4) is 11.5 Å². The highest BCUT2D eigenvalue weighted by Crippen LogP contribution is 2.34. The van der Waals surface area contributed by atoms with E-state index in [1.165, 1.54) is 6.07 Å². The van der Waals surface area contributed by atoms with E-state index in [1.807, 2.05) is 36.9 Å². The molecule has 0 radical (unpaired) electrons. The summed E-state index contributed by atoms with van der Waals surface area (Å²) in [5.74, 6) is 0.385. The molecule has 4 aromatic rings. The second kappa shape index (κ2) is 17.8. The Hall–Kier alpha value is -5.15. The molecule has 1 aromatic heterocycles. The lowest BCUT2D eigenvalue weighted by Gasteiger charge is -2.37. The standard InChI is InChI=1S/C41H46F3N5O6S/c1-29(2)27-54-39(50)26-47-20-22-48(23-21-47)37-14-10-33(24-36(37)46-56(52,53)28-30-6-4-3-5-7-30)40(51)49-18-16-32(17-19-49)31-8-11-34(12-9-31)55-35-13-15-38(45-25-35)41(42,43)44/h3-15,24-25,29,32,46H,16-23,26-28H2,1-2H3. The molecule has 298 valence electrons. The summed E-state index contributed by atoms with van der Waals surface area (Å²) in [5, 5.41) is 0. The van der Waals surface area contributed by atoms with Crippen LogP contribution in [0.1, 0.15) is 59.8 Å². The van der Waals surface area contributed by atoms with Gasteiger partial charge < -0.3 is 19.3 Å². The van der Waals surface area contributed by atoms with Crippen molar-refractivity contribution in [1.82, 2.24) is 14.8 Å². The molecular weight excluding hydrogens is 748 g/mol. The first-order valence-electron chi connectivity index (χ1n) is 18.6. The fourth-order valence-electron chi connectivity index (χ4n) is 6.81. The number of halogens is 3. The number of piperidine rings is 1. The second-order valence-corrected chi connectivity index (χ2v) is 16.3. The summed E-state index contributed by atoms with van der Waals surface area (Å²) < 4.78 is 79.3. The van der Waals surface area contributed by atoms with Gasteiger partial charge in [-0.1, -0.05) is 56.3 Å². The number of nitrogens with zero attached hydrogens (tertiary/aromatic N) is 4. The van der Waals surface area contributed by atoms with Crippen molar-refractivity contribution in [3.05, 3.63) is 114 Å². The number of esters is 1. The molecule has 0 aliphatic carbocycles. The molecular formula is C41H46F3N5O6S. The van der Waals surface area contributed by atoms with Crippen LogP contribution in [0.15, 0.2) is 91.1 Å². The number of nitrogens with one attached hydrogen (secondary N) is 1. The number of piperazine rings is 1. The number of hydrogen-bond donors (Lipinski definition) is 1. The maximum Gasteiger partial charge on any atom is 0.433 e. The van der Waals surface area contributed by atoms with Crippen molar-refractivity contribution >= 4 is 33.3 Å². The van der Waals surface area contributed by atoms with Gasteiger partial charge in [0.25, 0.3) is 5.91 Å². The molecule has 2 fully saturated rings. The van der Waals surface area contributed by atoms with E-state index in [9.17, 15) is 31.2 Å². The van der Waals surface area contributed by atoms with E-state index in [1.54, 1.807) is 59.5 Å². The molecule has 15 heteroatoms. The first-order valence-corrected chi connectivity index (χ1v) is 20.3. The highest BCUT2D eigenvalue weighted by Gasteiger charge is 2.32. The number of ether oxygens (including phenoxy) is 2. The molecule has 1 amide bonds. The van der Waals surface area contributed by atoms with E-state index in [2.05, 4.69) is 14.6 Å². The molecule has 3 aromatic carbocycles. The second-order valence-electron chi connectivity index (χ2n) is 14.5. The Balaban J connectivity index is 1.10. The van der Waals surface area contributed by atoms with Crippen molar-refractivity contribution in [2.75, 3.05) is 62.0 Å². The number of hydrogen-bond acceptors (Lipinski definition) is 9. The van der Waals surface area contributed by atoms with Crippen LogP contribution in [-0.2, 0) is 31.5 Å². The maximum atomic E-state index is 13.9. The molecule has 2 aliphatic rings. The summed E-state index contributed by atoms with van der Waals surface area (Å²) in [6.07, 6.45) is -2.07. The highest BCUT2D eigenvalue weighted by molar-refractivity contribution is 7.91. The predicted octanol–water partition coefficient (Wildman–Crippen LogP) is 7.18. The van der Waals surface area contributed by atoms with Crippen LogP contribution in [0, 0.1) is 5.92 Å². The number of rotatable bonds is 13. The lowest BCUT2D eigenvalue weighted by molar-refractivity contribution is -0.146. The van der Waals surface area contributed by atoms with Crippen molar-refractivity contribution in [1.29, 1.82) is 0 Å². The molecule has 0 bridgehead atoms. The van der Waals surface area contributed by atoms with Crippen molar-refractivity contribution < 1.29 is 40.7 Å².